The molecule has 2 aromatic carbocycles. The van der Waals surface area contributed by atoms with E-state index >= 15 is 0 Å². The number of hydrogen-bond acceptors (Lipinski definition) is 7. The Balaban J connectivity index is 1.56. The Bertz CT molecular complexity index is 1390. The number of amides is 1. The summed E-state index contributed by atoms with van der Waals surface area (Å²) in [5, 5.41) is 17.4. The molecule has 34 heavy (non-hydrogen) atoms. The first-order valence-electron chi connectivity index (χ1n) is 9.64. The summed E-state index contributed by atoms with van der Waals surface area (Å²) in [4.78, 5) is 20.6. The van der Waals surface area contributed by atoms with Crippen LogP contribution in [0.3, 0.4) is 0 Å². The molecule has 9 nitrogen and oxygen atoms in total. The predicted molar refractivity (Wildman–Crippen MR) is 118 cm³/mol. The minimum absolute atomic E-state index is 0.0871. The second-order valence-electron chi connectivity index (χ2n) is 7.13. The molecule has 13 heteroatoms. The number of carbonyl (C=O) groups excluding carboxylic acids is 1. The van der Waals surface area contributed by atoms with E-state index in [1.165, 1.54) is 35.3 Å². The summed E-state index contributed by atoms with van der Waals surface area (Å²) in [5.41, 5.74) is 8.20. The summed E-state index contributed by atoms with van der Waals surface area (Å²) in [5.74, 6) is -1.24. The van der Waals surface area contributed by atoms with Crippen molar-refractivity contribution in [3.8, 4) is 11.4 Å². The lowest BCUT2D eigenvalue weighted by Crippen LogP contribution is -2.21. The number of carbonyl (C=O) groups is 1. The highest BCUT2D eigenvalue weighted by molar-refractivity contribution is 6.32. The first-order valence-corrected chi connectivity index (χ1v) is 10.0. The summed E-state index contributed by atoms with van der Waals surface area (Å²) < 4.78 is 42.6. The van der Waals surface area contributed by atoms with Crippen molar-refractivity contribution < 1.29 is 27.8 Å². The molecule has 176 valence electrons. The maximum Gasteiger partial charge on any atom is 0.573 e. The van der Waals surface area contributed by atoms with Crippen LogP contribution in [0.5, 0.6) is 5.75 Å². The third-order valence-electron chi connectivity index (χ3n) is 4.75. The number of nitrogens with two attached hydrogens (primary N) is 1. The van der Waals surface area contributed by atoms with Gasteiger partial charge in [-0.2, -0.15) is 5.10 Å². The standard InChI is InChI=1S/C21H16ClF3N6O3/c1-10-16-17(19(26)28-9-27-16)31(30-10)15-6-5-12(8-14(15)22)29-20(33)18(32)11-3-2-4-13(7-11)34-21(23,24)25/h2-9,18,32H,1H3,(H,29,33)(H2,26,27,28). The quantitative estimate of drug-likeness (QED) is 0.385. The Morgan fingerprint density at radius 3 is 2.71 bits per heavy atom. The topological polar surface area (TPSA) is 128 Å². The zero-order chi connectivity index (χ0) is 24.6. The lowest BCUT2D eigenvalue weighted by Gasteiger charge is -2.15. The minimum Gasteiger partial charge on any atom is -0.406 e. The second-order valence-corrected chi connectivity index (χ2v) is 7.54. The average Bonchev–Trinajstić information content (AvgIpc) is 3.10. The molecular formula is C21H16ClF3N6O3. The maximum atomic E-state index is 12.5. The second kappa shape index (κ2) is 8.80. The third-order valence-corrected chi connectivity index (χ3v) is 5.06. The largest absolute Gasteiger partial charge is 0.573 e. The number of halogens is 4. The van der Waals surface area contributed by atoms with E-state index in [1.54, 1.807) is 13.0 Å². The summed E-state index contributed by atoms with van der Waals surface area (Å²) in [7, 11) is 0. The summed E-state index contributed by atoms with van der Waals surface area (Å²) in [6, 6.07) is 9.00. The Morgan fingerprint density at radius 1 is 1.24 bits per heavy atom. The van der Waals surface area contributed by atoms with E-state index in [1.807, 2.05) is 0 Å². The van der Waals surface area contributed by atoms with Crippen molar-refractivity contribution in [3.63, 3.8) is 0 Å². The summed E-state index contributed by atoms with van der Waals surface area (Å²) in [6.07, 6.45) is -5.34. The van der Waals surface area contributed by atoms with Gasteiger partial charge in [-0.1, -0.05) is 23.7 Å². The molecule has 1 atom stereocenters. The molecule has 0 aliphatic rings. The maximum absolute atomic E-state index is 12.5. The van der Waals surface area contributed by atoms with Crippen LogP contribution in [-0.4, -0.2) is 37.1 Å². The molecule has 4 N–H and O–H groups in total. The molecule has 2 aromatic heterocycles. The zero-order valence-corrected chi connectivity index (χ0v) is 18.1. The molecule has 0 radical (unpaired) electrons. The number of aliphatic hydroxyl groups excluding tert-OH is 1. The van der Waals surface area contributed by atoms with E-state index in [0.717, 1.165) is 12.1 Å². The molecule has 4 aromatic rings. The van der Waals surface area contributed by atoms with Crippen LogP contribution >= 0.6 is 11.6 Å². The number of anilines is 2. The van der Waals surface area contributed by atoms with Crippen molar-refractivity contribution in [3.05, 3.63) is 65.1 Å². The number of aryl methyl sites for hydroxylation is 1. The van der Waals surface area contributed by atoms with Gasteiger partial charge >= 0.3 is 6.36 Å². The van der Waals surface area contributed by atoms with Crippen LogP contribution < -0.4 is 15.8 Å². The van der Waals surface area contributed by atoms with E-state index in [4.69, 9.17) is 17.3 Å². The van der Waals surface area contributed by atoms with Crippen LogP contribution in [-0.2, 0) is 4.79 Å². The number of alkyl halides is 3. The summed E-state index contributed by atoms with van der Waals surface area (Å²) >= 11 is 6.41. The monoisotopic (exact) mass is 492 g/mol. The first-order chi connectivity index (χ1) is 16.0. The van der Waals surface area contributed by atoms with E-state index in [2.05, 4.69) is 25.1 Å². The van der Waals surface area contributed by atoms with Gasteiger partial charge < -0.3 is 20.9 Å². The molecule has 0 aliphatic carbocycles. The number of hydrogen-bond donors (Lipinski definition) is 3. The highest BCUT2D eigenvalue weighted by Crippen LogP contribution is 2.30. The van der Waals surface area contributed by atoms with Crippen LogP contribution in [0.25, 0.3) is 16.7 Å². The molecule has 4 rings (SSSR count). The lowest BCUT2D eigenvalue weighted by molar-refractivity contribution is -0.274. The molecule has 1 amide bonds. The van der Waals surface area contributed by atoms with Crippen molar-refractivity contribution in [2.75, 3.05) is 11.1 Å². The number of nitrogens with zero attached hydrogens (tertiary/aromatic N) is 4. The first kappa shape index (κ1) is 23.3. The molecule has 0 bridgehead atoms. The van der Waals surface area contributed by atoms with E-state index in [9.17, 15) is 23.1 Å². The molecular weight excluding hydrogens is 477 g/mol. The van der Waals surface area contributed by atoms with Crippen molar-refractivity contribution in [2.45, 2.75) is 19.4 Å². The van der Waals surface area contributed by atoms with Gasteiger partial charge in [-0.3, -0.25) is 4.79 Å². The number of ether oxygens (including phenoxy) is 1. The van der Waals surface area contributed by atoms with Gasteiger partial charge in [0.05, 0.1) is 16.4 Å². The van der Waals surface area contributed by atoms with Gasteiger partial charge in [0, 0.05) is 5.69 Å². The lowest BCUT2D eigenvalue weighted by atomic mass is 10.1. The summed E-state index contributed by atoms with van der Waals surface area (Å²) in [6.45, 7) is 1.75. The van der Waals surface area contributed by atoms with Crippen molar-refractivity contribution >= 4 is 40.0 Å². The van der Waals surface area contributed by atoms with Crippen LogP contribution in [0, 0.1) is 6.92 Å². The van der Waals surface area contributed by atoms with Crippen LogP contribution in [0.1, 0.15) is 17.4 Å². The Kier molecular flexibility index (Phi) is 6.02. The average molecular weight is 493 g/mol. The number of aliphatic hydroxyl groups is 1. The SMILES string of the molecule is Cc1nn(-c2ccc(NC(=O)C(O)c3cccc(OC(F)(F)F)c3)cc2Cl)c2c(N)ncnc12. The van der Waals surface area contributed by atoms with Crippen molar-refractivity contribution in [1.82, 2.24) is 19.7 Å². The number of nitrogens with one attached hydrogen (secondary N) is 1. The van der Waals surface area contributed by atoms with E-state index in [-0.39, 0.29) is 22.1 Å². The highest BCUT2D eigenvalue weighted by atomic mass is 35.5. The van der Waals surface area contributed by atoms with Crippen molar-refractivity contribution in [1.29, 1.82) is 0 Å². The molecule has 0 spiro atoms. The number of rotatable bonds is 5. The predicted octanol–water partition coefficient (Wildman–Crippen LogP) is 3.93. The van der Waals surface area contributed by atoms with E-state index < -0.39 is 24.1 Å². The van der Waals surface area contributed by atoms with Crippen molar-refractivity contribution in [2.24, 2.45) is 0 Å². The Labute approximate surface area is 194 Å². The fraction of sp³-hybridized carbons (Fsp3) is 0.143. The van der Waals surface area contributed by atoms with Gasteiger partial charge in [0.15, 0.2) is 11.9 Å². The minimum atomic E-state index is -4.90. The highest BCUT2D eigenvalue weighted by Gasteiger charge is 2.31. The number of fused-ring (bicyclic) bond motifs is 1. The number of nitrogen functional groups attached to an aromatic ring is 1. The Hall–Kier alpha value is -3.90. The number of aromatic nitrogens is 4. The zero-order valence-electron chi connectivity index (χ0n) is 17.3. The number of benzene rings is 2. The van der Waals surface area contributed by atoms with Gasteiger partial charge in [0.2, 0.25) is 0 Å². The van der Waals surface area contributed by atoms with Gasteiger partial charge in [-0.05, 0) is 42.8 Å². The normalized spacial score (nSPS) is 12.5. The van der Waals surface area contributed by atoms with E-state index in [0.29, 0.717) is 22.4 Å². The van der Waals surface area contributed by atoms with Crippen LogP contribution in [0.15, 0.2) is 48.8 Å². The molecule has 0 saturated heterocycles. The van der Waals surface area contributed by atoms with Gasteiger partial charge in [-0.15, -0.1) is 13.2 Å². The van der Waals surface area contributed by atoms with Crippen LogP contribution in [0.2, 0.25) is 5.02 Å². The third kappa shape index (κ3) is 4.72. The molecule has 2 heterocycles. The van der Waals surface area contributed by atoms with Gasteiger partial charge in [-0.25, -0.2) is 14.6 Å². The van der Waals surface area contributed by atoms with Gasteiger partial charge in [0.25, 0.3) is 5.91 Å². The molecule has 0 aliphatic heterocycles. The Morgan fingerprint density at radius 2 is 2.00 bits per heavy atom. The fourth-order valence-electron chi connectivity index (χ4n) is 3.29. The van der Waals surface area contributed by atoms with Crippen LogP contribution in [0.4, 0.5) is 24.7 Å². The molecule has 1 unspecified atom stereocenters. The molecule has 0 saturated carbocycles. The molecule has 0 fully saturated rings. The fourth-order valence-corrected chi connectivity index (χ4v) is 3.55. The van der Waals surface area contributed by atoms with Gasteiger partial charge in [0.1, 0.15) is 23.1 Å². The smallest absolute Gasteiger partial charge is 0.406 e.